The molecule has 0 aliphatic carbocycles. The van der Waals surface area contributed by atoms with E-state index in [-0.39, 0.29) is 5.82 Å². The van der Waals surface area contributed by atoms with Crippen molar-refractivity contribution in [1.82, 2.24) is 14.5 Å². The van der Waals surface area contributed by atoms with Gasteiger partial charge in [0.2, 0.25) is 0 Å². The SMILES string of the molecule is CCO[P@@]1(=S)c2c(C)nn(CCC#N)c2N=C(c2ccc(F)cc2)N1C. The van der Waals surface area contributed by atoms with Gasteiger partial charge in [-0.3, -0.25) is 0 Å². The van der Waals surface area contributed by atoms with Gasteiger partial charge in [0.25, 0.3) is 0 Å². The van der Waals surface area contributed by atoms with Gasteiger partial charge in [-0.1, -0.05) is 0 Å². The molecule has 1 aliphatic heterocycles. The Morgan fingerprint density at radius 3 is 2.65 bits per heavy atom. The number of aryl methyl sites for hydroxylation is 2. The molecule has 1 atom stereocenters. The van der Waals surface area contributed by atoms with E-state index in [2.05, 4.69) is 11.2 Å². The predicted molar refractivity (Wildman–Crippen MR) is 103 cm³/mol. The molecule has 26 heavy (non-hydrogen) atoms. The van der Waals surface area contributed by atoms with Gasteiger partial charge < -0.3 is 9.19 Å². The number of rotatable bonds is 5. The van der Waals surface area contributed by atoms with Crippen molar-refractivity contribution in [1.29, 1.82) is 5.26 Å². The lowest BCUT2D eigenvalue weighted by atomic mass is 10.2. The van der Waals surface area contributed by atoms with Crippen LogP contribution in [0.15, 0.2) is 29.3 Å². The molecule has 2 heterocycles. The van der Waals surface area contributed by atoms with Crippen molar-refractivity contribution >= 4 is 35.2 Å². The molecule has 0 fully saturated rings. The standard InChI is InChI=1S/C17H19FN5OPS/c1-4-24-25(26)15-12(2)21-23(11-5-10-19)17(15)20-16(22(25)3)13-6-8-14(18)9-7-13/h6-9H,4-5,11H2,1-3H3/t25-/m1/s1. The first-order chi connectivity index (χ1) is 12.4. The second-order valence-corrected chi connectivity index (χ2v) is 9.62. The van der Waals surface area contributed by atoms with Crippen LogP contribution in [0.3, 0.4) is 0 Å². The van der Waals surface area contributed by atoms with E-state index in [9.17, 15) is 4.39 Å². The molecule has 2 aromatic rings. The maximum Gasteiger partial charge on any atom is 0.192 e. The maximum absolute atomic E-state index is 13.3. The van der Waals surface area contributed by atoms with Gasteiger partial charge in [-0.05, 0) is 49.9 Å². The molecule has 1 aliphatic rings. The Morgan fingerprint density at radius 2 is 2.04 bits per heavy atom. The zero-order valence-corrected chi connectivity index (χ0v) is 16.5. The summed E-state index contributed by atoms with van der Waals surface area (Å²) in [6.07, 6.45) is -2.28. The van der Waals surface area contributed by atoms with Crippen LogP contribution in [0, 0.1) is 24.1 Å². The molecule has 1 aromatic heterocycles. The van der Waals surface area contributed by atoms with Crippen LogP contribution in [0.4, 0.5) is 10.2 Å². The van der Waals surface area contributed by atoms with Gasteiger partial charge in [0.1, 0.15) is 11.7 Å². The summed E-state index contributed by atoms with van der Waals surface area (Å²) < 4.78 is 23.0. The van der Waals surface area contributed by atoms with Crippen molar-refractivity contribution < 1.29 is 8.91 Å². The monoisotopic (exact) mass is 391 g/mol. The minimum absolute atomic E-state index is 0.312. The lowest BCUT2D eigenvalue weighted by Crippen LogP contribution is -2.34. The summed E-state index contributed by atoms with van der Waals surface area (Å²) in [6.45, 7) is 4.67. The highest BCUT2D eigenvalue weighted by Crippen LogP contribution is 2.55. The van der Waals surface area contributed by atoms with Gasteiger partial charge >= 0.3 is 0 Å². The third kappa shape index (κ3) is 3.07. The molecule has 0 spiro atoms. The van der Waals surface area contributed by atoms with Gasteiger partial charge in [-0.2, -0.15) is 10.4 Å². The molecule has 1 aromatic carbocycles. The van der Waals surface area contributed by atoms with E-state index in [0.717, 1.165) is 16.6 Å². The van der Waals surface area contributed by atoms with E-state index < -0.39 is 6.42 Å². The predicted octanol–water partition coefficient (Wildman–Crippen LogP) is 3.24. The molecular weight excluding hydrogens is 372 g/mol. The van der Waals surface area contributed by atoms with E-state index in [1.54, 1.807) is 16.8 Å². The molecule has 9 heteroatoms. The number of nitriles is 1. The second kappa shape index (κ2) is 7.28. The average molecular weight is 391 g/mol. The molecular formula is C17H19FN5OPS. The molecule has 0 unspecified atom stereocenters. The Labute approximate surface area is 157 Å². The Morgan fingerprint density at radius 1 is 1.35 bits per heavy atom. The molecule has 0 bridgehead atoms. The number of hydrogen-bond acceptors (Lipinski definition) is 5. The van der Waals surface area contributed by atoms with Gasteiger partial charge in [-0.15, -0.1) is 0 Å². The Bertz CT molecular complexity index is 947. The summed E-state index contributed by atoms with van der Waals surface area (Å²) in [5, 5.41) is 14.3. The van der Waals surface area contributed by atoms with Crippen LogP contribution in [0.25, 0.3) is 0 Å². The Kier molecular flexibility index (Phi) is 5.24. The third-order valence-corrected chi connectivity index (χ3v) is 8.38. The summed E-state index contributed by atoms with van der Waals surface area (Å²) >= 11 is 5.99. The number of fused-ring (bicyclic) bond motifs is 1. The molecule has 0 saturated carbocycles. The van der Waals surface area contributed by atoms with Crippen LogP contribution in [-0.4, -0.2) is 33.9 Å². The lowest BCUT2D eigenvalue weighted by Gasteiger charge is -2.36. The van der Waals surface area contributed by atoms with E-state index in [4.69, 9.17) is 26.6 Å². The molecule has 0 saturated heterocycles. The zero-order chi connectivity index (χ0) is 18.9. The highest BCUT2D eigenvalue weighted by atomic mass is 32.4. The van der Waals surface area contributed by atoms with Crippen molar-refractivity contribution in [3.63, 3.8) is 0 Å². The molecule has 6 nitrogen and oxygen atoms in total. The first kappa shape index (κ1) is 18.7. The zero-order valence-electron chi connectivity index (χ0n) is 14.8. The highest BCUT2D eigenvalue weighted by Gasteiger charge is 2.39. The Balaban J connectivity index is 2.22. The summed E-state index contributed by atoms with van der Waals surface area (Å²) in [5.74, 6) is 0.937. The number of nitrogens with zero attached hydrogens (tertiary/aromatic N) is 5. The van der Waals surface area contributed by atoms with Gasteiger partial charge in [-0.25, -0.2) is 14.1 Å². The summed E-state index contributed by atoms with van der Waals surface area (Å²) in [5.41, 5.74) is 1.52. The lowest BCUT2D eigenvalue weighted by molar-refractivity contribution is 0.362. The van der Waals surface area contributed by atoms with Crippen molar-refractivity contribution in [3.8, 4) is 6.07 Å². The van der Waals surface area contributed by atoms with Gasteiger partial charge in [0, 0.05) is 12.6 Å². The first-order valence-corrected chi connectivity index (χ1v) is 10.9. The summed E-state index contributed by atoms with van der Waals surface area (Å²) in [4.78, 5) is 4.77. The normalized spacial score (nSPS) is 19.0. The van der Waals surface area contributed by atoms with Crippen LogP contribution < -0.4 is 5.30 Å². The maximum atomic E-state index is 13.3. The fourth-order valence-corrected chi connectivity index (χ4v) is 6.36. The fraction of sp³-hybridized carbons (Fsp3) is 0.353. The van der Waals surface area contributed by atoms with Gasteiger partial charge in [0.15, 0.2) is 12.2 Å². The van der Waals surface area contributed by atoms with E-state index in [0.29, 0.717) is 31.2 Å². The van der Waals surface area contributed by atoms with Crippen LogP contribution in [0.5, 0.6) is 0 Å². The molecule has 0 N–H and O–H groups in total. The van der Waals surface area contributed by atoms with Gasteiger partial charge in [0.05, 0.1) is 36.6 Å². The highest BCUT2D eigenvalue weighted by molar-refractivity contribution is 8.15. The van der Waals surface area contributed by atoms with E-state index in [1.807, 2.05) is 25.6 Å². The van der Waals surface area contributed by atoms with Crippen molar-refractivity contribution in [2.75, 3.05) is 13.7 Å². The van der Waals surface area contributed by atoms with E-state index in [1.165, 1.54) is 12.1 Å². The minimum Gasteiger partial charge on any atom is -0.331 e. The quantitative estimate of drug-likeness (QED) is 0.732. The summed E-state index contributed by atoms with van der Waals surface area (Å²) in [7, 11) is 1.85. The molecule has 136 valence electrons. The van der Waals surface area contributed by atoms with Crippen LogP contribution in [0.2, 0.25) is 0 Å². The number of aromatic nitrogens is 2. The fourth-order valence-electron chi connectivity index (χ4n) is 2.94. The number of aliphatic imine (C=N–C) groups is 1. The van der Waals surface area contributed by atoms with Crippen molar-refractivity contribution in [2.24, 2.45) is 4.99 Å². The number of benzene rings is 1. The van der Waals surface area contributed by atoms with Crippen LogP contribution in [0.1, 0.15) is 24.6 Å². The number of hydrogen-bond donors (Lipinski definition) is 0. The van der Waals surface area contributed by atoms with Crippen molar-refractivity contribution in [3.05, 3.63) is 41.3 Å². The number of amidine groups is 1. The second-order valence-electron chi connectivity index (χ2n) is 5.79. The summed E-state index contributed by atoms with van der Waals surface area (Å²) in [6, 6.07) is 8.25. The largest absolute Gasteiger partial charge is 0.331 e. The number of halogens is 1. The first-order valence-electron chi connectivity index (χ1n) is 8.20. The smallest absolute Gasteiger partial charge is 0.192 e. The van der Waals surface area contributed by atoms with Crippen molar-refractivity contribution in [2.45, 2.75) is 26.8 Å². The van der Waals surface area contributed by atoms with E-state index >= 15 is 0 Å². The molecule has 3 rings (SSSR count). The third-order valence-electron chi connectivity index (χ3n) is 4.11. The van der Waals surface area contributed by atoms with Crippen LogP contribution >= 0.6 is 6.42 Å². The Hall–Kier alpha value is -2.07. The average Bonchev–Trinajstić information content (AvgIpc) is 2.94. The molecule has 0 amide bonds. The topological polar surface area (TPSA) is 66.4 Å². The minimum atomic E-state index is -2.60. The molecule has 0 radical (unpaired) electrons. The van der Waals surface area contributed by atoms with Crippen LogP contribution in [-0.2, 0) is 22.9 Å².